The van der Waals surface area contributed by atoms with Gasteiger partial charge in [0, 0.05) is 5.18 Å². The predicted molar refractivity (Wildman–Crippen MR) is 32.8 cm³/mol. The molecule has 0 saturated carbocycles. The molecule has 0 aromatic carbocycles. The number of aromatic amines is 1. The van der Waals surface area contributed by atoms with Crippen LogP contribution in [0.15, 0.2) is 9.97 Å². The summed E-state index contributed by atoms with van der Waals surface area (Å²) in [5, 5.41) is 2.40. The van der Waals surface area contributed by atoms with E-state index in [0.717, 1.165) is 0 Å². The molecule has 52 valence electrons. The first-order valence-electron chi connectivity index (χ1n) is 2.50. The lowest BCUT2D eigenvalue weighted by atomic mass is 10.7. The lowest BCUT2D eigenvalue weighted by Crippen LogP contribution is -2.12. The Hall–Kier alpha value is -1.59. The van der Waals surface area contributed by atoms with E-state index in [1.54, 1.807) is 0 Å². The summed E-state index contributed by atoms with van der Waals surface area (Å²) in [6.07, 6.45) is 0. The van der Waals surface area contributed by atoms with E-state index < -0.39 is 5.69 Å². The minimum absolute atomic E-state index is 0.328. The van der Waals surface area contributed by atoms with Crippen molar-refractivity contribution >= 4 is 5.95 Å². The largest absolute Gasteiger partial charge is 0.349 e. The first-order chi connectivity index (χ1) is 4.72. The fraction of sp³-hybridized carbons (Fsp3) is 0.250. The van der Waals surface area contributed by atoms with Crippen molar-refractivity contribution in [2.75, 3.05) is 0 Å². The Morgan fingerprint density at radius 2 is 2.20 bits per heavy atom. The highest BCUT2D eigenvalue weighted by atomic mass is 16.3. The van der Waals surface area contributed by atoms with Gasteiger partial charge >= 0.3 is 5.69 Å². The number of H-pyrrole nitrogens is 1. The minimum atomic E-state index is -0.609. The monoisotopic (exact) mass is 140 g/mol. The van der Waals surface area contributed by atoms with Crippen LogP contribution < -0.4 is 5.69 Å². The molecule has 0 atom stereocenters. The number of nitrogens with zero attached hydrogens (tertiary/aromatic N) is 3. The SMILES string of the molecule is Cc1nc(N=O)nc(=O)[nH]1. The molecule has 0 aliphatic rings. The van der Waals surface area contributed by atoms with Crippen molar-refractivity contribution in [1.82, 2.24) is 15.0 Å². The first kappa shape index (κ1) is 6.53. The zero-order valence-electron chi connectivity index (χ0n) is 5.16. The van der Waals surface area contributed by atoms with Gasteiger partial charge in [0.2, 0.25) is 0 Å². The molecule has 0 spiro atoms. The fourth-order valence-electron chi connectivity index (χ4n) is 0.517. The van der Waals surface area contributed by atoms with Crippen LogP contribution in [-0.2, 0) is 0 Å². The van der Waals surface area contributed by atoms with Gasteiger partial charge in [-0.3, -0.25) is 4.98 Å². The van der Waals surface area contributed by atoms with Crippen LogP contribution >= 0.6 is 0 Å². The molecule has 0 fully saturated rings. The topological polar surface area (TPSA) is 88.1 Å². The Bertz CT molecular complexity index is 304. The number of hydrogen-bond acceptors (Lipinski definition) is 5. The minimum Gasteiger partial charge on any atom is -0.294 e. The molecule has 0 unspecified atom stereocenters. The van der Waals surface area contributed by atoms with Crippen LogP contribution in [0.4, 0.5) is 5.95 Å². The molecule has 0 aliphatic heterocycles. The highest BCUT2D eigenvalue weighted by Crippen LogP contribution is 1.95. The zero-order valence-corrected chi connectivity index (χ0v) is 5.16. The van der Waals surface area contributed by atoms with Crippen molar-refractivity contribution in [3.8, 4) is 0 Å². The molecule has 6 nitrogen and oxygen atoms in total. The molecule has 1 heterocycles. The average Bonchev–Trinajstić information content (AvgIpc) is 1.85. The molecule has 0 saturated heterocycles. The molecule has 1 aromatic heterocycles. The summed E-state index contributed by atoms with van der Waals surface area (Å²) in [7, 11) is 0. The Balaban J connectivity index is 3.32. The molecule has 0 aliphatic carbocycles. The van der Waals surface area contributed by atoms with Gasteiger partial charge in [-0.2, -0.15) is 9.97 Å². The number of aromatic nitrogens is 3. The summed E-state index contributed by atoms with van der Waals surface area (Å²) < 4.78 is 0. The molecule has 0 bridgehead atoms. The third-order valence-electron chi connectivity index (χ3n) is 0.839. The quantitative estimate of drug-likeness (QED) is 0.550. The number of rotatable bonds is 1. The zero-order chi connectivity index (χ0) is 7.56. The maximum atomic E-state index is 10.5. The summed E-state index contributed by atoms with van der Waals surface area (Å²) in [6, 6.07) is 0. The van der Waals surface area contributed by atoms with Crippen LogP contribution in [0.1, 0.15) is 5.82 Å². The molecule has 1 aromatic rings. The van der Waals surface area contributed by atoms with Gasteiger partial charge in [0.25, 0.3) is 5.95 Å². The van der Waals surface area contributed by atoms with Gasteiger partial charge in [-0.1, -0.05) is 0 Å². The Morgan fingerprint density at radius 1 is 1.50 bits per heavy atom. The van der Waals surface area contributed by atoms with Gasteiger partial charge in [-0.15, -0.1) is 4.91 Å². The number of nitrogens with one attached hydrogen (secondary N) is 1. The van der Waals surface area contributed by atoms with E-state index in [0.29, 0.717) is 5.82 Å². The summed E-state index contributed by atoms with van der Waals surface area (Å²) in [6.45, 7) is 1.54. The van der Waals surface area contributed by atoms with E-state index >= 15 is 0 Å². The van der Waals surface area contributed by atoms with Crippen LogP contribution in [0.5, 0.6) is 0 Å². The van der Waals surface area contributed by atoms with Gasteiger partial charge in [0.05, 0.1) is 0 Å². The van der Waals surface area contributed by atoms with E-state index in [9.17, 15) is 9.70 Å². The highest BCUT2D eigenvalue weighted by Gasteiger charge is 1.96. The van der Waals surface area contributed by atoms with Crippen molar-refractivity contribution in [3.05, 3.63) is 21.2 Å². The Kier molecular flexibility index (Phi) is 1.53. The lowest BCUT2D eigenvalue weighted by molar-refractivity contribution is 0.922. The summed E-state index contributed by atoms with van der Waals surface area (Å²) in [5.41, 5.74) is -0.609. The third kappa shape index (κ3) is 1.22. The molecule has 10 heavy (non-hydrogen) atoms. The fourth-order valence-corrected chi connectivity index (χ4v) is 0.517. The number of hydrogen-bond donors (Lipinski definition) is 1. The highest BCUT2D eigenvalue weighted by molar-refractivity contribution is 5.10. The summed E-state index contributed by atoms with van der Waals surface area (Å²) in [5.74, 6) is -0.00384. The van der Waals surface area contributed by atoms with Crippen LogP contribution in [0, 0.1) is 11.8 Å². The van der Waals surface area contributed by atoms with Crippen molar-refractivity contribution in [2.24, 2.45) is 5.18 Å². The maximum Gasteiger partial charge on any atom is 0.349 e. The molecular weight excluding hydrogens is 136 g/mol. The van der Waals surface area contributed by atoms with Crippen LogP contribution in [-0.4, -0.2) is 15.0 Å². The second-order valence-corrected chi connectivity index (χ2v) is 1.63. The second-order valence-electron chi connectivity index (χ2n) is 1.63. The van der Waals surface area contributed by atoms with E-state index in [1.807, 2.05) is 0 Å². The van der Waals surface area contributed by atoms with Gasteiger partial charge in [0.1, 0.15) is 5.82 Å². The summed E-state index contributed by atoms with van der Waals surface area (Å²) >= 11 is 0. The molecular formula is C4H4N4O2. The predicted octanol–water partition coefficient (Wildman–Crippen LogP) is -0.129. The lowest BCUT2D eigenvalue weighted by Gasteiger charge is -1.87. The Morgan fingerprint density at radius 3 is 2.70 bits per heavy atom. The molecule has 0 radical (unpaired) electrons. The van der Waals surface area contributed by atoms with Crippen molar-refractivity contribution in [1.29, 1.82) is 0 Å². The third-order valence-corrected chi connectivity index (χ3v) is 0.839. The van der Waals surface area contributed by atoms with Crippen LogP contribution in [0.3, 0.4) is 0 Å². The van der Waals surface area contributed by atoms with Gasteiger partial charge in [-0.25, -0.2) is 4.79 Å². The Labute approximate surface area is 55.3 Å². The molecule has 1 N–H and O–H groups in total. The summed E-state index contributed by atoms with van der Waals surface area (Å²) in [4.78, 5) is 29.2. The van der Waals surface area contributed by atoms with E-state index in [1.165, 1.54) is 6.92 Å². The van der Waals surface area contributed by atoms with E-state index in [-0.39, 0.29) is 5.95 Å². The van der Waals surface area contributed by atoms with Crippen molar-refractivity contribution < 1.29 is 0 Å². The molecule has 6 heteroatoms. The molecule has 0 amide bonds. The average molecular weight is 140 g/mol. The number of aryl methyl sites for hydroxylation is 1. The maximum absolute atomic E-state index is 10.5. The van der Waals surface area contributed by atoms with Crippen LogP contribution in [0.25, 0.3) is 0 Å². The van der Waals surface area contributed by atoms with Crippen LogP contribution in [0.2, 0.25) is 0 Å². The van der Waals surface area contributed by atoms with E-state index in [2.05, 4.69) is 20.1 Å². The second kappa shape index (κ2) is 2.34. The van der Waals surface area contributed by atoms with Crippen molar-refractivity contribution in [3.63, 3.8) is 0 Å². The smallest absolute Gasteiger partial charge is 0.294 e. The first-order valence-corrected chi connectivity index (χ1v) is 2.50. The number of nitroso groups, excluding NO2 is 1. The van der Waals surface area contributed by atoms with Gasteiger partial charge in [0.15, 0.2) is 0 Å². The van der Waals surface area contributed by atoms with Gasteiger partial charge in [-0.05, 0) is 6.92 Å². The standard InChI is InChI=1S/C4H4N4O2/c1-2-5-3(8-10)7-4(9)6-2/h1H3,(H,5,6,7,9). The normalized spacial score (nSPS) is 9.30. The molecule has 1 rings (SSSR count). The van der Waals surface area contributed by atoms with Gasteiger partial charge < -0.3 is 0 Å². The van der Waals surface area contributed by atoms with E-state index in [4.69, 9.17) is 0 Å². The van der Waals surface area contributed by atoms with Crippen molar-refractivity contribution in [2.45, 2.75) is 6.92 Å².